The van der Waals surface area contributed by atoms with Gasteiger partial charge in [-0.1, -0.05) is 38.1 Å². The van der Waals surface area contributed by atoms with Crippen LogP contribution in [0.2, 0.25) is 0 Å². The van der Waals surface area contributed by atoms with Gasteiger partial charge in [0.2, 0.25) is 11.8 Å². The molecular formula is C16H21N3O. The van der Waals surface area contributed by atoms with E-state index in [4.69, 9.17) is 4.74 Å². The van der Waals surface area contributed by atoms with Gasteiger partial charge < -0.3 is 10.1 Å². The molecule has 0 unspecified atom stereocenters. The average molecular weight is 271 g/mol. The predicted octanol–water partition coefficient (Wildman–Crippen LogP) is 3.61. The normalized spacial score (nSPS) is 10.6. The summed E-state index contributed by atoms with van der Waals surface area (Å²) in [5.74, 6) is 1.74. The van der Waals surface area contributed by atoms with Gasteiger partial charge in [-0.15, -0.1) is 0 Å². The fourth-order valence-corrected chi connectivity index (χ4v) is 1.86. The van der Waals surface area contributed by atoms with Gasteiger partial charge >= 0.3 is 0 Å². The van der Waals surface area contributed by atoms with Crippen LogP contribution in [0.5, 0.6) is 5.88 Å². The molecule has 20 heavy (non-hydrogen) atoms. The fourth-order valence-electron chi connectivity index (χ4n) is 1.86. The molecule has 4 heteroatoms. The monoisotopic (exact) mass is 271 g/mol. The topological polar surface area (TPSA) is 47.0 Å². The third-order valence-corrected chi connectivity index (χ3v) is 3.02. The maximum atomic E-state index is 5.35. The van der Waals surface area contributed by atoms with Crippen LogP contribution >= 0.6 is 0 Å². The first-order chi connectivity index (χ1) is 9.69. The SMILES string of the molecule is CCOc1ccnc(NCc2ccc(C(C)C)cc2)n1. The molecule has 0 fully saturated rings. The van der Waals surface area contributed by atoms with Crippen molar-refractivity contribution in [3.8, 4) is 5.88 Å². The highest BCUT2D eigenvalue weighted by Gasteiger charge is 2.01. The first-order valence-electron chi connectivity index (χ1n) is 6.97. The highest BCUT2D eigenvalue weighted by atomic mass is 16.5. The molecule has 1 aromatic heterocycles. The van der Waals surface area contributed by atoms with E-state index in [-0.39, 0.29) is 0 Å². The predicted molar refractivity (Wildman–Crippen MR) is 81.1 cm³/mol. The van der Waals surface area contributed by atoms with Crippen LogP contribution in [-0.4, -0.2) is 16.6 Å². The molecule has 0 atom stereocenters. The molecule has 0 aliphatic carbocycles. The highest BCUT2D eigenvalue weighted by molar-refractivity contribution is 5.31. The van der Waals surface area contributed by atoms with E-state index < -0.39 is 0 Å². The molecule has 4 nitrogen and oxygen atoms in total. The van der Waals surface area contributed by atoms with Gasteiger partial charge in [0, 0.05) is 18.8 Å². The Balaban J connectivity index is 1.96. The lowest BCUT2D eigenvalue weighted by molar-refractivity contribution is 0.326. The second kappa shape index (κ2) is 6.89. The molecule has 2 rings (SSSR count). The quantitative estimate of drug-likeness (QED) is 0.872. The van der Waals surface area contributed by atoms with Crippen LogP contribution in [0.4, 0.5) is 5.95 Å². The van der Waals surface area contributed by atoms with Gasteiger partial charge in [0.05, 0.1) is 6.61 Å². The van der Waals surface area contributed by atoms with Crippen LogP contribution in [0.15, 0.2) is 36.5 Å². The molecule has 0 spiro atoms. The zero-order valence-electron chi connectivity index (χ0n) is 12.3. The van der Waals surface area contributed by atoms with Crippen molar-refractivity contribution in [2.45, 2.75) is 33.2 Å². The summed E-state index contributed by atoms with van der Waals surface area (Å²) in [5, 5.41) is 3.21. The lowest BCUT2D eigenvalue weighted by atomic mass is 10.0. The van der Waals surface area contributed by atoms with E-state index in [1.807, 2.05) is 6.92 Å². The third kappa shape index (κ3) is 3.95. The standard InChI is InChI=1S/C16H21N3O/c1-4-20-15-9-10-17-16(19-15)18-11-13-5-7-14(8-6-13)12(2)3/h5-10,12H,4,11H2,1-3H3,(H,17,18,19). The zero-order chi connectivity index (χ0) is 14.4. The van der Waals surface area contributed by atoms with Crippen molar-refractivity contribution in [2.75, 3.05) is 11.9 Å². The van der Waals surface area contributed by atoms with Crippen molar-refractivity contribution in [1.82, 2.24) is 9.97 Å². The Morgan fingerprint density at radius 1 is 1.15 bits per heavy atom. The number of nitrogens with one attached hydrogen (secondary N) is 1. The summed E-state index contributed by atoms with van der Waals surface area (Å²) in [6.07, 6.45) is 1.70. The van der Waals surface area contributed by atoms with Crippen LogP contribution in [0.25, 0.3) is 0 Å². The van der Waals surface area contributed by atoms with Crippen molar-refractivity contribution in [2.24, 2.45) is 0 Å². The number of hydrogen-bond donors (Lipinski definition) is 1. The number of anilines is 1. The largest absolute Gasteiger partial charge is 0.478 e. The smallest absolute Gasteiger partial charge is 0.226 e. The van der Waals surface area contributed by atoms with E-state index in [2.05, 4.69) is 53.4 Å². The number of hydrogen-bond acceptors (Lipinski definition) is 4. The Hall–Kier alpha value is -2.10. The van der Waals surface area contributed by atoms with Crippen molar-refractivity contribution < 1.29 is 4.74 Å². The first kappa shape index (κ1) is 14.3. The fraction of sp³-hybridized carbons (Fsp3) is 0.375. The van der Waals surface area contributed by atoms with Gasteiger partial charge in [0.25, 0.3) is 0 Å². The number of nitrogens with zero attached hydrogens (tertiary/aromatic N) is 2. The van der Waals surface area contributed by atoms with E-state index in [1.54, 1.807) is 12.3 Å². The maximum absolute atomic E-state index is 5.35. The first-order valence-corrected chi connectivity index (χ1v) is 6.97. The molecule has 0 saturated heterocycles. The summed E-state index contributed by atoms with van der Waals surface area (Å²) in [7, 11) is 0. The molecule has 1 aromatic carbocycles. The van der Waals surface area contributed by atoms with E-state index >= 15 is 0 Å². The molecule has 1 N–H and O–H groups in total. The van der Waals surface area contributed by atoms with Gasteiger partial charge in [-0.3, -0.25) is 0 Å². The van der Waals surface area contributed by atoms with Gasteiger partial charge in [0.15, 0.2) is 0 Å². The van der Waals surface area contributed by atoms with Gasteiger partial charge in [-0.25, -0.2) is 4.98 Å². The van der Waals surface area contributed by atoms with Crippen molar-refractivity contribution in [3.63, 3.8) is 0 Å². The second-order valence-corrected chi connectivity index (χ2v) is 4.90. The molecule has 0 aliphatic rings. The Kier molecular flexibility index (Phi) is 4.93. The summed E-state index contributed by atoms with van der Waals surface area (Å²) in [6, 6.07) is 10.4. The van der Waals surface area contributed by atoms with E-state index in [0.717, 1.165) is 0 Å². The van der Waals surface area contributed by atoms with Crippen molar-refractivity contribution in [1.29, 1.82) is 0 Å². The minimum Gasteiger partial charge on any atom is -0.478 e. The Labute approximate surface area is 120 Å². The summed E-state index contributed by atoms with van der Waals surface area (Å²) < 4.78 is 5.35. The average Bonchev–Trinajstić information content (AvgIpc) is 2.46. The third-order valence-electron chi connectivity index (χ3n) is 3.02. The lowest BCUT2D eigenvalue weighted by Crippen LogP contribution is -2.05. The van der Waals surface area contributed by atoms with Crippen LogP contribution in [0.3, 0.4) is 0 Å². The molecule has 0 amide bonds. The summed E-state index contributed by atoms with van der Waals surface area (Å²) in [5.41, 5.74) is 2.56. The molecule has 0 aliphatic heterocycles. The number of benzene rings is 1. The summed E-state index contributed by atoms with van der Waals surface area (Å²) >= 11 is 0. The molecule has 0 radical (unpaired) electrons. The van der Waals surface area contributed by atoms with Gasteiger partial charge in [-0.05, 0) is 24.0 Å². The minimum atomic E-state index is 0.559. The molecule has 0 bridgehead atoms. The molecule has 1 heterocycles. The van der Waals surface area contributed by atoms with Crippen LogP contribution in [-0.2, 0) is 6.54 Å². The van der Waals surface area contributed by atoms with E-state index in [0.29, 0.717) is 30.9 Å². The molecular weight excluding hydrogens is 250 g/mol. The number of aromatic nitrogens is 2. The van der Waals surface area contributed by atoms with E-state index in [9.17, 15) is 0 Å². The minimum absolute atomic E-state index is 0.559. The molecule has 2 aromatic rings. The Morgan fingerprint density at radius 3 is 2.55 bits per heavy atom. The number of rotatable bonds is 6. The van der Waals surface area contributed by atoms with Crippen LogP contribution < -0.4 is 10.1 Å². The Morgan fingerprint density at radius 2 is 1.90 bits per heavy atom. The maximum Gasteiger partial charge on any atom is 0.226 e. The van der Waals surface area contributed by atoms with Crippen LogP contribution in [0, 0.1) is 0 Å². The molecule has 106 valence electrons. The van der Waals surface area contributed by atoms with Crippen molar-refractivity contribution >= 4 is 5.95 Å². The lowest BCUT2D eigenvalue weighted by Gasteiger charge is -2.09. The van der Waals surface area contributed by atoms with Gasteiger partial charge in [-0.2, -0.15) is 4.98 Å². The number of ether oxygens (including phenoxy) is 1. The summed E-state index contributed by atoms with van der Waals surface area (Å²) in [6.45, 7) is 7.63. The highest BCUT2D eigenvalue weighted by Crippen LogP contribution is 2.15. The second-order valence-electron chi connectivity index (χ2n) is 4.90. The van der Waals surface area contributed by atoms with E-state index in [1.165, 1.54) is 11.1 Å². The molecule has 0 saturated carbocycles. The Bertz CT molecular complexity index is 538. The van der Waals surface area contributed by atoms with Crippen molar-refractivity contribution in [3.05, 3.63) is 47.7 Å². The van der Waals surface area contributed by atoms with Gasteiger partial charge in [0.1, 0.15) is 0 Å². The zero-order valence-corrected chi connectivity index (χ0v) is 12.3. The van der Waals surface area contributed by atoms with Crippen LogP contribution in [0.1, 0.15) is 37.8 Å². The summed E-state index contributed by atoms with van der Waals surface area (Å²) in [4.78, 5) is 8.46.